The van der Waals surface area contributed by atoms with Crippen molar-refractivity contribution in [3.05, 3.63) is 125 Å². The van der Waals surface area contributed by atoms with Crippen LogP contribution in [-0.4, -0.2) is 11.8 Å². The van der Waals surface area contributed by atoms with Crippen molar-refractivity contribution in [3.63, 3.8) is 0 Å². The van der Waals surface area contributed by atoms with Gasteiger partial charge in [-0.1, -0.05) is 66.7 Å². The van der Waals surface area contributed by atoms with Crippen molar-refractivity contribution in [3.8, 4) is 11.5 Å². The molecule has 4 aliphatic rings. The third-order valence-electron chi connectivity index (χ3n) is 8.43. The number of para-hydroxylation sites is 1. The molecule has 0 unspecified atom stereocenters. The van der Waals surface area contributed by atoms with Crippen LogP contribution in [0.4, 0.5) is 5.69 Å². The fourth-order valence-electron chi connectivity index (χ4n) is 6.82. The van der Waals surface area contributed by atoms with Gasteiger partial charge in [0, 0.05) is 11.8 Å². The van der Waals surface area contributed by atoms with Crippen molar-refractivity contribution in [1.82, 2.24) is 0 Å². The minimum absolute atomic E-state index is 0.117. The van der Waals surface area contributed by atoms with Gasteiger partial charge >= 0.3 is 0 Å². The van der Waals surface area contributed by atoms with E-state index in [0.29, 0.717) is 11.4 Å². The Kier molecular flexibility index (Phi) is 4.35. The number of hydrogen-bond acceptors (Lipinski definition) is 3. The molecule has 0 spiro atoms. The molecule has 0 saturated carbocycles. The molecule has 1 fully saturated rings. The van der Waals surface area contributed by atoms with Crippen molar-refractivity contribution in [2.45, 2.75) is 25.7 Å². The summed E-state index contributed by atoms with van der Waals surface area (Å²) in [6, 6.07) is 31.7. The van der Waals surface area contributed by atoms with Crippen LogP contribution in [-0.2, 0) is 9.59 Å². The van der Waals surface area contributed by atoms with E-state index in [1.165, 1.54) is 27.2 Å². The van der Waals surface area contributed by atoms with E-state index in [4.69, 9.17) is 4.74 Å². The Morgan fingerprint density at radius 1 is 0.722 bits per heavy atom. The number of nitrogens with zero attached hydrogens (tertiary/aromatic N) is 1. The first-order valence-corrected chi connectivity index (χ1v) is 12.4. The fraction of sp³-hybridized carbons (Fsp3) is 0.188. The molecule has 1 aliphatic heterocycles. The van der Waals surface area contributed by atoms with Gasteiger partial charge < -0.3 is 4.74 Å². The first kappa shape index (κ1) is 21.1. The number of carbonyl (C=O) groups excluding carboxylic acids is 2. The van der Waals surface area contributed by atoms with Gasteiger partial charge in [-0.3, -0.25) is 9.59 Å². The summed E-state index contributed by atoms with van der Waals surface area (Å²) < 4.78 is 6.04. The summed E-state index contributed by atoms with van der Waals surface area (Å²) in [4.78, 5) is 29.7. The van der Waals surface area contributed by atoms with E-state index >= 15 is 0 Å². The monoisotopic (exact) mass is 471 g/mol. The van der Waals surface area contributed by atoms with Crippen LogP contribution in [0, 0.1) is 18.3 Å². The molecule has 1 heterocycles. The zero-order valence-electron chi connectivity index (χ0n) is 20.1. The second-order valence-corrected chi connectivity index (χ2v) is 10.3. The third-order valence-corrected chi connectivity index (χ3v) is 8.43. The second kappa shape index (κ2) is 7.41. The van der Waals surface area contributed by atoms with Crippen LogP contribution in [0.3, 0.4) is 0 Å². The molecule has 36 heavy (non-hydrogen) atoms. The summed E-state index contributed by atoms with van der Waals surface area (Å²) in [5.41, 5.74) is 5.49. The maximum atomic E-state index is 14.2. The molecule has 2 bridgehead atoms. The van der Waals surface area contributed by atoms with Crippen molar-refractivity contribution in [2.24, 2.45) is 11.3 Å². The summed E-state index contributed by atoms with van der Waals surface area (Å²) in [5.74, 6) is 0.503. The Morgan fingerprint density at radius 3 is 1.89 bits per heavy atom. The molecule has 3 aliphatic carbocycles. The molecular formula is C32H25NO3. The fourth-order valence-corrected chi connectivity index (χ4v) is 6.82. The Morgan fingerprint density at radius 2 is 1.28 bits per heavy atom. The number of benzene rings is 4. The molecule has 176 valence electrons. The standard InChI is InChI=1S/C32H25NO3/c1-19-9-3-8-14-26(19)36-21-17-15-20(16-18-21)33-30(34)29-27-22-10-4-6-12-24(22)28(32(29,2)31(33)35)25-13-7-5-11-23(25)27/h3-18,27-29H,1-2H3/t27?,28?,29-,32+/m0/s1. The highest BCUT2D eigenvalue weighted by Gasteiger charge is 2.68. The molecule has 4 heteroatoms. The van der Waals surface area contributed by atoms with E-state index < -0.39 is 11.3 Å². The van der Waals surface area contributed by atoms with E-state index in [-0.39, 0.29) is 23.7 Å². The number of imide groups is 1. The van der Waals surface area contributed by atoms with Gasteiger partial charge in [0.25, 0.3) is 0 Å². The van der Waals surface area contributed by atoms with Crippen molar-refractivity contribution in [1.29, 1.82) is 0 Å². The average molecular weight is 472 g/mol. The lowest BCUT2D eigenvalue weighted by Crippen LogP contribution is -2.49. The Hall–Kier alpha value is -4.18. The quantitative estimate of drug-likeness (QED) is 0.317. The van der Waals surface area contributed by atoms with Crippen LogP contribution in [0.25, 0.3) is 0 Å². The van der Waals surface area contributed by atoms with Crippen LogP contribution in [0.1, 0.15) is 46.6 Å². The number of aryl methyl sites for hydroxylation is 1. The normalized spacial score (nSPS) is 25.4. The van der Waals surface area contributed by atoms with Gasteiger partial charge in [-0.25, -0.2) is 4.90 Å². The molecule has 4 nitrogen and oxygen atoms in total. The number of anilines is 1. The van der Waals surface area contributed by atoms with Crippen molar-refractivity contribution in [2.75, 3.05) is 4.90 Å². The molecule has 0 N–H and O–H groups in total. The average Bonchev–Trinajstić information content (AvgIpc) is 3.11. The Balaban J connectivity index is 1.30. The highest BCUT2D eigenvalue weighted by atomic mass is 16.5. The lowest BCUT2D eigenvalue weighted by molar-refractivity contribution is -0.128. The summed E-state index contributed by atoms with van der Waals surface area (Å²) in [6.45, 7) is 4.00. The van der Waals surface area contributed by atoms with Crippen molar-refractivity contribution >= 4 is 17.5 Å². The van der Waals surface area contributed by atoms with Gasteiger partial charge in [0.2, 0.25) is 11.8 Å². The highest BCUT2D eigenvalue weighted by Crippen LogP contribution is 2.67. The van der Waals surface area contributed by atoms with E-state index in [1.807, 2.05) is 86.6 Å². The summed E-state index contributed by atoms with van der Waals surface area (Å²) >= 11 is 0. The number of ether oxygens (including phenoxy) is 1. The Bertz CT molecular complexity index is 1510. The largest absolute Gasteiger partial charge is 0.457 e. The summed E-state index contributed by atoms with van der Waals surface area (Å²) in [7, 11) is 0. The van der Waals surface area contributed by atoms with Crippen LogP contribution in [0.5, 0.6) is 11.5 Å². The van der Waals surface area contributed by atoms with Gasteiger partial charge in [-0.2, -0.15) is 0 Å². The minimum Gasteiger partial charge on any atom is -0.457 e. The lowest BCUT2D eigenvalue weighted by atomic mass is 9.48. The third kappa shape index (κ3) is 2.64. The number of carbonyl (C=O) groups is 2. The molecular weight excluding hydrogens is 446 g/mol. The molecule has 1 saturated heterocycles. The Labute approximate surface area is 210 Å². The molecule has 4 aromatic carbocycles. The van der Waals surface area contributed by atoms with Gasteiger partial charge in [-0.05, 0) is 72.0 Å². The van der Waals surface area contributed by atoms with Gasteiger partial charge in [-0.15, -0.1) is 0 Å². The van der Waals surface area contributed by atoms with E-state index in [2.05, 4.69) is 24.3 Å². The maximum absolute atomic E-state index is 14.2. The first-order valence-electron chi connectivity index (χ1n) is 12.4. The smallest absolute Gasteiger partial charge is 0.241 e. The molecule has 0 radical (unpaired) electrons. The molecule has 2 amide bonds. The summed E-state index contributed by atoms with van der Waals surface area (Å²) in [6.07, 6.45) is 0. The maximum Gasteiger partial charge on any atom is 0.241 e. The zero-order valence-corrected chi connectivity index (χ0v) is 20.1. The van der Waals surface area contributed by atoms with Crippen molar-refractivity contribution < 1.29 is 14.3 Å². The van der Waals surface area contributed by atoms with Gasteiger partial charge in [0.1, 0.15) is 11.5 Å². The number of rotatable bonds is 3. The highest BCUT2D eigenvalue weighted by molar-refractivity contribution is 6.25. The zero-order chi connectivity index (χ0) is 24.6. The predicted octanol–water partition coefficient (Wildman–Crippen LogP) is 6.57. The molecule has 2 atom stereocenters. The number of hydrogen-bond donors (Lipinski definition) is 0. The van der Waals surface area contributed by atoms with E-state index in [9.17, 15) is 9.59 Å². The molecule has 4 aromatic rings. The summed E-state index contributed by atoms with van der Waals surface area (Å²) in [5, 5.41) is 0. The topological polar surface area (TPSA) is 46.6 Å². The van der Waals surface area contributed by atoms with Crippen LogP contribution in [0.15, 0.2) is 97.1 Å². The van der Waals surface area contributed by atoms with Gasteiger partial charge in [0.15, 0.2) is 0 Å². The second-order valence-electron chi connectivity index (χ2n) is 10.3. The minimum atomic E-state index is -0.833. The number of amides is 2. The molecule has 8 rings (SSSR count). The van der Waals surface area contributed by atoms with Crippen LogP contribution < -0.4 is 9.64 Å². The lowest BCUT2D eigenvalue weighted by Gasteiger charge is -2.51. The first-order chi connectivity index (χ1) is 17.5. The predicted molar refractivity (Wildman–Crippen MR) is 138 cm³/mol. The van der Waals surface area contributed by atoms with Crippen LogP contribution in [0.2, 0.25) is 0 Å². The van der Waals surface area contributed by atoms with Gasteiger partial charge in [0.05, 0.1) is 17.0 Å². The van der Waals surface area contributed by atoms with E-state index in [1.54, 1.807) is 0 Å². The van der Waals surface area contributed by atoms with Crippen LogP contribution >= 0.6 is 0 Å². The molecule has 0 aromatic heterocycles. The van der Waals surface area contributed by atoms with E-state index in [0.717, 1.165) is 11.3 Å². The SMILES string of the molecule is Cc1ccccc1Oc1ccc(N2C(=O)[C@@H]3C4c5ccccc5C(c5ccccc54)[C@@]3(C)C2=O)cc1.